The van der Waals surface area contributed by atoms with Crippen LogP contribution in [0.4, 0.5) is 18.0 Å². The van der Waals surface area contributed by atoms with Crippen LogP contribution in [0.5, 0.6) is 0 Å². The molecule has 2 amide bonds. The van der Waals surface area contributed by atoms with Crippen LogP contribution in [0.1, 0.15) is 33.6 Å². The molecule has 1 fully saturated rings. The van der Waals surface area contributed by atoms with Crippen molar-refractivity contribution in [1.29, 1.82) is 0 Å². The molecule has 1 aliphatic heterocycles. The SMILES string of the molecule is CC(C)(C)OC(=O)NCC(=O)N1CCC(OC(F)(F)F)CC1. The van der Waals surface area contributed by atoms with Crippen LogP contribution in [0.25, 0.3) is 0 Å². The average Bonchev–Trinajstić information content (AvgIpc) is 2.33. The standard InChI is InChI=1S/C13H21F3N2O4/c1-12(2,3)22-11(20)17-8-10(19)18-6-4-9(5-7-18)21-13(14,15)16/h9H,4-8H2,1-3H3,(H,17,20). The lowest BCUT2D eigenvalue weighted by Crippen LogP contribution is -2.46. The number of halogens is 3. The molecule has 128 valence electrons. The Hall–Kier alpha value is -1.51. The van der Waals surface area contributed by atoms with Gasteiger partial charge in [-0.05, 0) is 33.6 Å². The Morgan fingerprint density at radius 3 is 2.18 bits per heavy atom. The minimum absolute atomic E-state index is 0.109. The van der Waals surface area contributed by atoms with E-state index >= 15 is 0 Å². The van der Waals surface area contributed by atoms with E-state index in [1.807, 2.05) is 0 Å². The zero-order valence-corrected chi connectivity index (χ0v) is 12.8. The van der Waals surface area contributed by atoms with Crippen molar-refractivity contribution in [3.63, 3.8) is 0 Å². The van der Waals surface area contributed by atoms with E-state index in [1.165, 1.54) is 4.90 Å². The first-order valence-electron chi connectivity index (χ1n) is 6.95. The fraction of sp³-hybridized carbons (Fsp3) is 0.846. The van der Waals surface area contributed by atoms with Crippen molar-refractivity contribution in [3.05, 3.63) is 0 Å². The van der Waals surface area contributed by atoms with Gasteiger partial charge < -0.3 is 15.0 Å². The first-order chi connectivity index (χ1) is 9.96. The zero-order valence-electron chi connectivity index (χ0n) is 12.8. The number of piperidine rings is 1. The molecule has 6 nitrogen and oxygen atoms in total. The lowest BCUT2D eigenvalue weighted by Gasteiger charge is -2.32. The van der Waals surface area contributed by atoms with Gasteiger partial charge in [-0.1, -0.05) is 0 Å². The number of alkyl carbamates (subject to hydrolysis) is 1. The van der Waals surface area contributed by atoms with E-state index in [4.69, 9.17) is 4.74 Å². The number of ether oxygens (including phenoxy) is 2. The Labute approximate surface area is 126 Å². The number of carbonyl (C=O) groups excluding carboxylic acids is 2. The highest BCUT2D eigenvalue weighted by Gasteiger charge is 2.35. The molecule has 0 radical (unpaired) electrons. The summed E-state index contributed by atoms with van der Waals surface area (Å²) in [5.74, 6) is -0.365. The molecular weight excluding hydrogens is 305 g/mol. The van der Waals surface area contributed by atoms with Gasteiger partial charge in [0.2, 0.25) is 5.91 Å². The third-order valence-corrected chi connectivity index (χ3v) is 2.88. The van der Waals surface area contributed by atoms with Crippen LogP contribution < -0.4 is 5.32 Å². The Kier molecular flexibility index (Phi) is 6.04. The first-order valence-corrected chi connectivity index (χ1v) is 6.95. The second kappa shape index (κ2) is 7.17. The minimum atomic E-state index is -4.66. The normalized spacial score (nSPS) is 17.3. The second-order valence-corrected chi connectivity index (χ2v) is 6.00. The van der Waals surface area contributed by atoms with E-state index in [0.29, 0.717) is 0 Å². The van der Waals surface area contributed by atoms with Crippen molar-refractivity contribution in [3.8, 4) is 0 Å². The number of alkyl halides is 3. The first kappa shape index (κ1) is 18.5. The number of carbonyl (C=O) groups is 2. The van der Waals surface area contributed by atoms with Gasteiger partial charge in [0, 0.05) is 13.1 Å². The van der Waals surface area contributed by atoms with Crippen LogP contribution in [-0.2, 0) is 14.3 Å². The molecule has 1 heterocycles. The van der Waals surface area contributed by atoms with E-state index in [-0.39, 0.29) is 38.4 Å². The van der Waals surface area contributed by atoms with E-state index in [9.17, 15) is 22.8 Å². The number of nitrogens with one attached hydrogen (secondary N) is 1. The summed E-state index contributed by atoms with van der Waals surface area (Å²) in [5.41, 5.74) is -0.666. The third-order valence-electron chi connectivity index (χ3n) is 2.88. The maximum Gasteiger partial charge on any atom is 0.522 e. The largest absolute Gasteiger partial charge is 0.522 e. The summed E-state index contributed by atoms with van der Waals surface area (Å²) in [4.78, 5) is 24.7. The highest BCUT2D eigenvalue weighted by molar-refractivity contribution is 5.82. The quantitative estimate of drug-likeness (QED) is 0.862. The number of rotatable bonds is 3. The highest BCUT2D eigenvalue weighted by atomic mass is 19.4. The average molecular weight is 326 g/mol. The summed E-state index contributed by atoms with van der Waals surface area (Å²) in [6.07, 6.45) is -6.08. The van der Waals surface area contributed by atoms with Crippen LogP contribution in [0.3, 0.4) is 0 Å². The van der Waals surface area contributed by atoms with Crippen molar-refractivity contribution in [2.24, 2.45) is 0 Å². The van der Waals surface area contributed by atoms with Gasteiger partial charge in [0.1, 0.15) is 12.1 Å². The van der Waals surface area contributed by atoms with Crippen molar-refractivity contribution >= 4 is 12.0 Å². The van der Waals surface area contributed by atoms with Gasteiger partial charge in [0.15, 0.2) is 0 Å². The fourth-order valence-corrected chi connectivity index (χ4v) is 1.99. The highest BCUT2D eigenvalue weighted by Crippen LogP contribution is 2.24. The van der Waals surface area contributed by atoms with Gasteiger partial charge in [0.25, 0.3) is 0 Å². The monoisotopic (exact) mass is 326 g/mol. The van der Waals surface area contributed by atoms with Crippen molar-refractivity contribution < 1.29 is 32.2 Å². The third kappa shape index (κ3) is 7.48. The Morgan fingerprint density at radius 2 is 1.73 bits per heavy atom. The number of hydrogen-bond donors (Lipinski definition) is 1. The number of likely N-dealkylation sites (tertiary alicyclic amines) is 1. The molecule has 0 aromatic carbocycles. The van der Waals surface area contributed by atoms with Gasteiger partial charge in [-0.25, -0.2) is 4.79 Å². The molecule has 0 aliphatic carbocycles. The molecule has 0 aromatic heterocycles. The number of amides is 2. The van der Waals surface area contributed by atoms with E-state index in [0.717, 1.165) is 0 Å². The lowest BCUT2D eigenvalue weighted by atomic mass is 10.1. The molecule has 0 saturated carbocycles. The molecule has 0 aromatic rings. The van der Waals surface area contributed by atoms with E-state index < -0.39 is 24.2 Å². The molecule has 1 N–H and O–H groups in total. The molecule has 9 heteroatoms. The van der Waals surface area contributed by atoms with Gasteiger partial charge >= 0.3 is 12.5 Å². The smallest absolute Gasteiger partial charge is 0.444 e. The van der Waals surface area contributed by atoms with Crippen LogP contribution in [0, 0.1) is 0 Å². The predicted octanol–water partition coefficient (Wildman–Crippen LogP) is 2.04. The Morgan fingerprint density at radius 1 is 1.18 bits per heavy atom. The fourth-order valence-electron chi connectivity index (χ4n) is 1.99. The summed E-state index contributed by atoms with van der Waals surface area (Å²) in [5, 5.41) is 2.32. The summed E-state index contributed by atoms with van der Waals surface area (Å²) >= 11 is 0. The van der Waals surface area contributed by atoms with Crippen LogP contribution in [0.2, 0.25) is 0 Å². The molecule has 1 rings (SSSR count). The molecule has 1 saturated heterocycles. The van der Waals surface area contributed by atoms with Gasteiger partial charge in [-0.15, -0.1) is 13.2 Å². The predicted molar refractivity (Wildman–Crippen MR) is 71.0 cm³/mol. The Balaban J connectivity index is 2.30. The molecular formula is C13H21F3N2O4. The van der Waals surface area contributed by atoms with Gasteiger partial charge in [-0.3, -0.25) is 9.53 Å². The van der Waals surface area contributed by atoms with Crippen molar-refractivity contribution in [1.82, 2.24) is 10.2 Å². The minimum Gasteiger partial charge on any atom is -0.444 e. The van der Waals surface area contributed by atoms with E-state index in [1.54, 1.807) is 20.8 Å². The van der Waals surface area contributed by atoms with Crippen LogP contribution in [0.15, 0.2) is 0 Å². The van der Waals surface area contributed by atoms with Crippen molar-refractivity contribution in [2.45, 2.75) is 51.7 Å². The topological polar surface area (TPSA) is 67.9 Å². The molecule has 0 atom stereocenters. The summed E-state index contributed by atoms with van der Waals surface area (Å²) in [7, 11) is 0. The molecule has 0 spiro atoms. The Bertz CT molecular complexity index is 399. The summed E-state index contributed by atoms with van der Waals surface area (Å²) in [6, 6.07) is 0. The lowest BCUT2D eigenvalue weighted by molar-refractivity contribution is -0.345. The van der Waals surface area contributed by atoms with Crippen LogP contribution in [-0.4, -0.2) is 54.6 Å². The molecule has 1 aliphatic rings. The summed E-state index contributed by atoms with van der Waals surface area (Å²) in [6.45, 7) is 5.16. The second-order valence-electron chi connectivity index (χ2n) is 6.00. The number of nitrogens with zero attached hydrogens (tertiary/aromatic N) is 1. The maximum atomic E-state index is 12.1. The zero-order chi connectivity index (χ0) is 17.0. The van der Waals surface area contributed by atoms with E-state index in [2.05, 4.69) is 10.1 Å². The molecule has 22 heavy (non-hydrogen) atoms. The summed E-state index contributed by atoms with van der Waals surface area (Å²) < 4.78 is 45.1. The van der Waals surface area contributed by atoms with Gasteiger partial charge in [0.05, 0.1) is 6.10 Å². The van der Waals surface area contributed by atoms with Gasteiger partial charge in [-0.2, -0.15) is 0 Å². The van der Waals surface area contributed by atoms with Crippen LogP contribution >= 0.6 is 0 Å². The molecule has 0 bridgehead atoms. The van der Waals surface area contributed by atoms with Crippen molar-refractivity contribution in [2.75, 3.05) is 19.6 Å². The number of hydrogen-bond acceptors (Lipinski definition) is 4. The molecule has 0 unspecified atom stereocenters. The maximum absolute atomic E-state index is 12.1.